The van der Waals surface area contributed by atoms with Gasteiger partial charge in [0.25, 0.3) is 0 Å². The van der Waals surface area contributed by atoms with E-state index in [4.69, 9.17) is 4.74 Å². The lowest BCUT2D eigenvalue weighted by molar-refractivity contribution is 0.139. The van der Waals surface area contributed by atoms with Crippen molar-refractivity contribution in [2.45, 2.75) is 32.7 Å². The van der Waals surface area contributed by atoms with Gasteiger partial charge in [-0.3, -0.25) is 0 Å². The quantitative estimate of drug-likeness (QED) is 0.648. The lowest BCUT2D eigenvalue weighted by Gasteiger charge is -2.07. The second-order valence-corrected chi connectivity index (χ2v) is 3.64. The van der Waals surface area contributed by atoms with Gasteiger partial charge in [0.1, 0.15) is 11.6 Å². The molecule has 0 atom stereocenters. The molecule has 0 spiro atoms. The molecule has 0 N–H and O–H groups in total. The van der Waals surface area contributed by atoms with Crippen LogP contribution in [0.15, 0.2) is 0 Å². The van der Waals surface area contributed by atoms with E-state index in [0.717, 1.165) is 37.8 Å². The van der Waals surface area contributed by atoms with Crippen molar-refractivity contribution < 1.29 is 4.74 Å². The average Bonchev–Trinajstić information content (AvgIpc) is 2.36. The second-order valence-electron chi connectivity index (χ2n) is 3.64. The molecular weight excluding hydrogens is 166 g/mol. The van der Waals surface area contributed by atoms with Crippen molar-refractivity contribution in [3.8, 4) is 0 Å². The molecule has 0 bridgehead atoms. The molecule has 1 aromatic heterocycles. The van der Waals surface area contributed by atoms with Crippen molar-refractivity contribution in [3.63, 3.8) is 0 Å². The Bertz CT molecular complexity index is 293. The highest BCUT2D eigenvalue weighted by molar-refractivity contribution is 5.01. The summed E-state index contributed by atoms with van der Waals surface area (Å²) in [7, 11) is 0. The van der Waals surface area contributed by atoms with Crippen LogP contribution < -0.4 is 0 Å². The van der Waals surface area contributed by atoms with Crippen LogP contribution in [0.4, 0.5) is 0 Å². The van der Waals surface area contributed by atoms with Crippen molar-refractivity contribution in [1.82, 2.24) is 14.8 Å². The van der Waals surface area contributed by atoms with E-state index in [2.05, 4.69) is 28.6 Å². The minimum absolute atomic E-state index is 0.444. The molecule has 0 aliphatic carbocycles. The molecule has 4 heteroatoms. The van der Waals surface area contributed by atoms with Crippen molar-refractivity contribution in [1.29, 1.82) is 0 Å². The summed E-state index contributed by atoms with van der Waals surface area (Å²) >= 11 is 0. The van der Waals surface area contributed by atoms with Crippen LogP contribution >= 0.6 is 0 Å². The molecule has 0 fully saturated rings. The van der Waals surface area contributed by atoms with Crippen molar-refractivity contribution >= 4 is 0 Å². The number of hydrogen-bond donors (Lipinski definition) is 0. The van der Waals surface area contributed by atoms with Gasteiger partial charge in [0.05, 0.1) is 13.2 Å². The molecule has 72 valence electrons. The van der Waals surface area contributed by atoms with E-state index in [0.29, 0.717) is 5.92 Å². The Morgan fingerprint density at radius 1 is 1.31 bits per heavy atom. The van der Waals surface area contributed by atoms with Crippen molar-refractivity contribution in [3.05, 3.63) is 11.6 Å². The maximum atomic E-state index is 5.38. The molecular formula is C9H15N3O. The molecule has 13 heavy (non-hydrogen) atoms. The van der Waals surface area contributed by atoms with E-state index in [-0.39, 0.29) is 0 Å². The Hall–Kier alpha value is -0.900. The summed E-state index contributed by atoms with van der Waals surface area (Å²) in [5.74, 6) is 2.60. The summed E-state index contributed by atoms with van der Waals surface area (Å²) in [4.78, 5) is 0. The minimum atomic E-state index is 0.444. The normalized spacial score (nSPS) is 17.2. The van der Waals surface area contributed by atoms with Gasteiger partial charge in [-0.1, -0.05) is 13.8 Å². The summed E-state index contributed by atoms with van der Waals surface area (Å²) in [5.41, 5.74) is 0. The number of fused-ring (bicyclic) bond motifs is 1. The standard InChI is InChI=1S/C9H15N3O/c1-7(2)9-11-10-8-3-5-13-6-4-12(8)9/h7H,3-6H2,1-2H3. The Labute approximate surface area is 77.9 Å². The van der Waals surface area contributed by atoms with Crippen LogP contribution in [0.1, 0.15) is 31.4 Å². The molecule has 0 amide bonds. The first-order valence-corrected chi connectivity index (χ1v) is 4.78. The fraction of sp³-hybridized carbons (Fsp3) is 0.778. The van der Waals surface area contributed by atoms with E-state index in [1.165, 1.54) is 0 Å². The predicted molar refractivity (Wildman–Crippen MR) is 48.6 cm³/mol. The van der Waals surface area contributed by atoms with E-state index in [1.54, 1.807) is 0 Å². The van der Waals surface area contributed by atoms with Gasteiger partial charge in [-0.15, -0.1) is 10.2 Å². The fourth-order valence-corrected chi connectivity index (χ4v) is 1.63. The summed E-state index contributed by atoms with van der Waals surface area (Å²) in [6.45, 7) is 6.74. The molecule has 1 aromatic rings. The molecule has 0 radical (unpaired) electrons. The maximum Gasteiger partial charge on any atom is 0.135 e. The summed E-state index contributed by atoms with van der Waals surface area (Å²) in [6.07, 6.45) is 0.889. The number of aromatic nitrogens is 3. The van der Waals surface area contributed by atoms with Crippen LogP contribution in [0.5, 0.6) is 0 Å². The van der Waals surface area contributed by atoms with E-state index in [9.17, 15) is 0 Å². The molecule has 0 unspecified atom stereocenters. The first kappa shape index (κ1) is 8.69. The number of hydrogen-bond acceptors (Lipinski definition) is 3. The first-order chi connectivity index (χ1) is 6.29. The van der Waals surface area contributed by atoms with Crippen LogP contribution in [0.3, 0.4) is 0 Å². The number of nitrogens with zero attached hydrogens (tertiary/aromatic N) is 3. The highest BCUT2D eigenvalue weighted by Crippen LogP contribution is 2.15. The SMILES string of the molecule is CC(C)c1nnc2n1CCOCC2. The molecule has 2 rings (SSSR count). The third-order valence-corrected chi connectivity index (χ3v) is 2.30. The lowest BCUT2D eigenvalue weighted by atomic mass is 10.2. The van der Waals surface area contributed by atoms with Gasteiger partial charge in [0.15, 0.2) is 0 Å². The third-order valence-electron chi connectivity index (χ3n) is 2.30. The van der Waals surface area contributed by atoms with Gasteiger partial charge < -0.3 is 9.30 Å². The maximum absolute atomic E-state index is 5.38. The topological polar surface area (TPSA) is 39.9 Å². The lowest BCUT2D eigenvalue weighted by Crippen LogP contribution is -2.09. The molecule has 0 aromatic carbocycles. The van der Waals surface area contributed by atoms with E-state index < -0.39 is 0 Å². The highest BCUT2D eigenvalue weighted by atomic mass is 16.5. The molecule has 2 heterocycles. The van der Waals surface area contributed by atoms with Crippen LogP contribution in [-0.2, 0) is 17.7 Å². The van der Waals surface area contributed by atoms with Crippen LogP contribution in [0, 0.1) is 0 Å². The zero-order valence-electron chi connectivity index (χ0n) is 8.16. The third kappa shape index (κ3) is 1.58. The van der Waals surface area contributed by atoms with Gasteiger partial charge >= 0.3 is 0 Å². The Morgan fingerprint density at radius 3 is 2.92 bits per heavy atom. The van der Waals surface area contributed by atoms with E-state index >= 15 is 0 Å². The van der Waals surface area contributed by atoms with Crippen LogP contribution in [-0.4, -0.2) is 28.0 Å². The Morgan fingerprint density at radius 2 is 2.15 bits per heavy atom. The molecule has 4 nitrogen and oxygen atoms in total. The Kier molecular flexibility index (Phi) is 2.31. The second kappa shape index (κ2) is 3.46. The van der Waals surface area contributed by atoms with E-state index in [1.807, 2.05) is 0 Å². The van der Waals surface area contributed by atoms with Gasteiger partial charge in [-0.2, -0.15) is 0 Å². The monoisotopic (exact) mass is 181 g/mol. The zero-order chi connectivity index (χ0) is 9.26. The number of rotatable bonds is 1. The summed E-state index contributed by atoms with van der Waals surface area (Å²) < 4.78 is 7.57. The molecule has 1 aliphatic rings. The van der Waals surface area contributed by atoms with Gasteiger partial charge in [-0.05, 0) is 0 Å². The zero-order valence-corrected chi connectivity index (χ0v) is 8.16. The molecule has 0 saturated carbocycles. The van der Waals surface area contributed by atoms with Crippen LogP contribution in [0.2, 0.25) is 0 Å². The molecule has 0 saturated heterocycles. The summed E-state index contributed by atoms with van der Waals surface area (Å²) in [5, 5.41) is 8.37. The van der Waals surface area contributed by atoms with Gasteiger partial charge in [0, 0.05) is 18.9 Å². The van der Waals surface area contributed by atoms with Gasteiger partial charge in [-0.25, -0.2) is 0 Å². The smallest absolute Gasteiger partial charge is 0.135 e. The van der Waals surface area contributed by atoms with Gasteiger partial charge in [0.2, 0.25) is 0 Å². The summed E-state index contributed by atoms with van der Waals surface area (Å²) in [6, 6.07) is 0. The minimum Gasteiger partial charge on any atom is -0.379 e. The largest absolute Gasteiger partial charge is 0.379 e. The average molecular weight is 181 g/mol. The first-order valence-electron chi connectivity index (χ1n) is 4.78. The fourth-order valence-electron chi connectivity index (χ4n) is 1.63. The van der Waals surface area contributed by atoms with Crippen molar-refractivity contribution in [2.24, 2.45) is 0 Å². The number of ether oxygens (including phenoxy) is 1. The predicted octanol–water partition coefficient (Wildman–Crippen LogP) is 0.974. The highest BCUT2D eigenvalue weighted by Gasteiger charge is 2.16. The van der Waals surface area contributed by atoms with Crippen molar-refractivity contribution in [2.75, 3.05) is 13.2 Å². The Balaban J connectivity index is 2.34. The van der Waals surface area contributed by atoms with Crippen LogP contribution in [0.25, 0.3) is 0 Å². The molecule has 1 aliphatic heterocycles.